The first-order chi connectivity index (χ1) is 7.41. The molecule has 86 valence electrons. The summed E-state index contributed by atoms with van der Waals surface area (Å²) < 4.78 is 0. The van der Waals surface area contributed by atoms with Gasteiger partial charge in [-0.1, -0.05) is 69.4 Å². The van der Waals surface area contributed by atoms with Crippen molar-refractivity contribution in [3.63, 3.8) is 0 Å². The molecule has 0 spiro atoms. The maximum Gasteiger partial charge on any atom is 0.0604 e. The molecular weight excluding hydrogens is 208 g/mol. The van der Waals surface area contributed by atoms with E-state index in [0.717, 1.165) is 0 Å². The molecule has 0 radical (unpaired) electrons. The van der Waals surface area contributed by atoms with Gasteiger partial charge >= 0.3 is 0 Å². The van der Waals surface area contributed by atoms with Crippen LogP contribution >= 0.6 is 0 Å². The zero-order valence-electron chi connectivity index (χ0n) is 11.0. The predicted molar refractivity (Wildman–Crippen MR) is 75.5 cm³/mol. The summed E-state index contributed by atoms with van der Waals surface area (Å²) in [5, 5.41) is 1.73. The van der Waals surface area contributed by atoms with Crippen LogP contribution in [-0.4, -0.2) is 8.80 Å². The summed E-state index contributed by atoms with van der Waals surface area (Å²) in [5.41, 5.74) is 3.35. The normalized spacial score (nSPS) is 19.9. The average Bonchev–Trinajstić information content (AvgIpc) is 2.55. The lowest BCUT2D eigenvalue weighted by atomic mass is 9.78. The van der Waals surface area contributed by atoms with E-state index in [1.807, 2.05) is 0 Å². The minimum absolute atomic E-state index is 0.343. The summed E-state index contributed by atoms with van der Waals surface area (Å²) in [4.78, 5) is 0. The zero-order valence-corrected chi connectivity index (χ0v) is 12.2. The largest absolute Gasteiger partial charge is 0.0762 e. The summed E-state index contributed by atoms with van der Waals surface area (Å²) in [5.74, 6) is 0.648. The van der Waals surface area contributed by atoms with Crippen molar-refractivity contribution in [2.24, 2.45) is 5.41 Å². The second-order valence-electron chi connectivity index (χ2n) is 6.23. The lowest BCUT2D eigenvalue weighted by Gasteiger charge is -2.32. The lowest BCUT2D eigenvalue weighted by molar-refractivity contribution is 0.365. The van der Waals surface area contributed by atoms with Gasteiger partial charge in [-0.05, 0) is 16.5 Å². The number of fused-ring (bicyclic) bond motifs is 1. The summed E-state index contributed by atoms with van der Waals surface area (Å²) >= 11 is 0. The maximum absolute atomic E-state index is 2.46. The van der Waals surface area contributed by atoms with Gasteiger partial charge in [0, 0.05) is 5.92 Å². The molecule has 0 fully saturated rings. The highest BCUT2D eigenvalue weighted by molar-refractivity contribution is 6.65. The van der Waals surface area contributed by atoms with Crippen LogP contribution < -0.4 is 0 Å². The standard InChI is InChI=1S/C15H22Si/c1-15(2,3)14-12-9-7-6-8-11(12)10-13(14)16(4)5/h6-10,14,16H,1-5H3. The Hall–Kier alpha value is -0.823. The van der Waals surface area contributed by atoms with Gasteiger partial charge in [0.2, 0.25) is 0 Å². The molecule has 2 rings (SSSR count). The van der Waals surface area contributed by atoms with Crippen molar-refractivity contribution in [2.45, 2.75) is 39.8 Å². The van der Waals surface area contributed by atoms with E-state index >= 15 is 0 Å². The average molecular weight is 230 g/mol. The molecule has 1 aromatic carbocycles. The summed E-state index contributed by atoms with van der Waals surface area (Å²) in [6.07, 6.45) is 2.46. The van der Waals surface area contributed by atoms with Crippen LogP contribution in [0.4, 0.5) is 0 Å². The van der Waals surface area contributed by atoms with E-state index in [1.165, 1.54) is 5.56 Å². The molecule has 0 amide bonds. The SMILES string of the molecule is C[SiH](C)C1=Cc2ccccc2C1C(C)(C)C. The first kappa shape index (κ1) is 11.7. The molecule has 0 bridgehead atoms. The number of hydrogen-bond acceptors (Lipinski definition) is 0. The summed E-state index contributed by atoms with van der Waals surface area (Å²) in [6.45, 7) is 12.0. The van der Waals surface area contributed by atoms with Crippen LogP contribution in [0.15, 0.2) is 29.5 Å². The Bertz CT molecular complexity index is 421. The molecule has 0 aliphatic heterocycles. The van der Waals surface area contributed by atoms with Crippen LogP contribution in [0.1, 0.15) is 37.8 Å². The summed E-state index contributed by atoms with van der Waals surface area (Å²) in [7, 11) is -0.706. The fourth-order valence-corrected chi connectivity index (χ4v) is 4.67. The molecular formula is C15H22Si. The second-order valence-corrected chi connectivity index (χ2v) is 9.20. The molecule has 1 aromatic rings. The topological polar surface area (TPSA) is 0 Å². The molecule has 16 heavy (non-hydrogen) atoms. The van der Waals surface area contributed by atoms with Gasteiger partial charge in [0.15, 0.2) is 0 Å². The van der Waals surface area contributed by atoms with Crippen LogP contribution in [0.3, 0.4) is 0 Å². The molecule has 0 saturated heterocycles. The molecule has 0 saturated carbocycles. The van der Waals surface area contributed by atoms with Crippen molar-refractivity contribution < 1.29 is 0 Å². The fraction of sp³-hybridized carbons (Fsp3) is 0.467. The van der Waals surface area contributed by atoms with Gasteiger partial charge in [0.05, 0.1) is 8.80 Å². The molecule has 0 aromatic heterocycles. The Morgan fingerprint density at radius 1 is 1.06 bits per heavy atom. The molecule has 1 aliphatic carbocycles. The predicted octanol–water partition coefficient (Wildman–Crippen LogP) is 4.24. The maximum atomic E-state index is 2.46. The van der Waals surface area contributed by atoms with Gasteiger partial charge in [0.25, 0.3) is 0 Å². The van der Waals surface area contributed by atoms with Crippen molar-refractivity contribution >= 4 is 14.9 Å². The second kappa shape index (κ2) is 3.88. The van der Waals surface area contributed by atoms with Gasteiger partial charge < -0.3 is 0 Å². The fourth-order valence-electron chi connectivity index (χ4n) is 2.81. The zero-order chi connectivity index (χ0) is 11.9. The number of allylic oxidation sites excluding steroid dienone is 1. The third kappa shape index (κ3) is 1.89. The van der Waals surface area contributed by atoms with Crippen LogP contribution in [0.2, 0.25) is 13.1 Å². The molecule has 1 unspecified atom stereocenters. The molecule has 1 aliphatic rings. The van der Waals surface area contributed by atoms with Crippen molar-refractivity contribution in [1.82, 2.24) is 0 Å². The summed E-state index contributed by atoms with van der Waals surface area (Å²) in [6, 6.07) is 8.90. The molecule has 1 heteroatoms. The van der Waals surface area contributed by atoms with Crippen molar-refractivity contribution in [3.8, 4) is 0 Å². The third-order valence-corrected chi connectivity index (χ3v) is 5.33. The monoisotopic (exact) mass is 230 g/mol. The third-order valence-electron chi connectivity index (χ3n) is 3.50. The van der Waals surface area contributed by atoms with E-state index in [0.29, 0.717) is 11.3 Å². The molecule has 0 heterocycles. The van der Waals surface area contributed by atoms with Crippen molar-refractivity contribution in [1.29, 1.82) is 0 Å². The first-order valence-electron chi connectivity index (χ1n) is 6.21. The Morgan fingerprint density at radius 2 is 1.69 bits per heavy atom. The van der Waals surface area contributed by atoms with Gasteiger partial charge in [-0.15, -0.1) is 0 Å². The van der Waals surface area contributed by atoms with Gasteiger partial charge in [-0.2, -0.15) is 0 Å². The molecule has 0 nitrogen and oxygen atoms in total. The smallest absolute Gasteiger partial charge is 0.0604 e. The lowest BCUT2D eigenvalue weighted by Crippen LogP contribution is -2.23. The van der Waals surface area contributed by atoms with Gasteiger partial charge in [-0.3, -0.25) is 0 Å². The highest BCUT2D eigenvalue weighted by atomic mass is 28.3. The highest BCUT2D eigenvalue weighted by Gasteiger charge is 2.35. The van der Waals surface area contributed by atoms with Crippen molar-refractivity contribution in [2.75, 3.05) is 0 Å². The van der Waals surface area contributed by atoms with E-state index in [-0.39, 0.29) is 0 Å². The Morgan fingerprint density at radius 3 is 2.25 bits per heavy atom. The first-order valence-corrected chi connectivity index (χ1v) is 9.10. The number of rotatable bonds is 1. The van der Waals surface area contributed by atoms with E-state index < -0.39 is 8.80 Å². The van der Waals surface area contributed by atoms with Crippen LogP contribution in [0.5, 0.6) is 0 Å². The van der Waals surface area contributed by atoms with E-state index in [1.54, 1.807) is 10.8 Å². The minimum Gasteiger partial charge on any atom is -0.0762 e. The Balaban J connectivity index is 2.53. The van der Waals surface area contributed by atoms with Crippen LogP contribution in [0.25, 0.3) is 6.08 Å². The highest BCUT2D eigenvalue weighted by Crippen LogP contribution is 2.47. The van der Waals surface area contributed by atoms with Gasteiger partial charge in [-0.25, -0.2) is 0 Å². The van der Waals surface area contributed by atoms with Crippen LogP contribution in [-0.2, 0) is 0 Å². The van der Waals surface area contributed by atoms with E-state index in [9.17, 15) is 0 Å². The van der Waals surface area contributed by atoms with Crippen molar-refractivity contribution in [3.05, 3.63) is 40.6 Å². The Kier molecular flexibility index (Phi) is 2.83. The van der Waals surface area contributed by atoms with Gasteiger partial charge in [0.1, 0.15) is 0 Å². The Labute approximate surface area is 101 Å². The number of benzene rings is 1. The van der Waals surface area contributed by atoms with E-state index in [4.69, 9.17) is 0 Å². The quantitative estimate of drug-likeness (QED) is 0.633. The molecule has 1 atom stereocenters. The van der Waals surface area contributed by atoms with E-state index in [2.05, 4.69) is 64.2 Å². The number of hydrogen-bond donors (Lipinski definition) is 0. The minimum atomic E-state index is -0.706. The molecule has 0 N–H and O–H groups in total. The van der Waals surface area contributed by atoms with Crippen LogP contribution in [0, 0.1) is 5.41 Å².